The van der Waals surface area contributed by atoms with Crippen LogP contribution in [0.15, 0.2) is 72.5 Å². The SMILES string of the molecule is CCOC(=O)c1nc(NC(=O)c2nc(NC(=O)OC(C)(C)C)cn2C)cn1C.CCOC(=O)c1nc(NC(=O)c2nccn2C)cn1C.CCOC(=O)c1nc(OC(=O)c2nc(NC(=O)c3cc(NC(=O)OC(C)(C)C)cn3C)cn2C)cn1C.Cn1cc(NC(=O)OC(C)(C)C)cc1C(=O)O.N=NCl. The van der Waals surface area contributed by atoms with Crippen molar-refractivity contribution in [1.29, 1.82) is 5.53 Å². The van der Waals surface area contributed by atoms with Gasteiger partial charge in [-0.1, -0.05) is 4.63 Å². The molecule has 0 saturated heterocycles. The van der Waals surface area contributed by atoms with Crippen molar-refractivity contribution in [3.63, 3.8) is 0 Å². The number of carboxylic acid groups (broad SMARTS) is 1. The summed E-state index contributed by atoms with van der Waals surface area (Å²) in [5.41, 5.74) is 4.75. The first-order valence-electron chi connectivity index (χ1n) is 31.3. The van der Waals surface area contributed by atoms with Gasteiger partial charge in [0, 0.05) is 106 Å². The van der Waals surface area contributed by atoms with Gasteiger partial charge in [0.25, 0.3) is 17.7 Å². The Hall–Kier alpha value is -12.7. The summed E-state index contributed by atoms with van der Waals surface area (Å²) in [6.45, 7) is 21.4. The number of anilines is 6. The zero-order valence-electron chi connectivity index (χ0n) is 61.4. The van der Waals surface area contributed by atoms with Crippen LogP contribution in [-0.2, 0) is 84.8 Å². The summed E-state index contributed by atoms with van der Waals surface area (Å²) in [5.74, 6) is -4.25. The Morgan fingerprint density at radius 2 is 0.752 bits per heavy atom. The lowest BCUT2D eigenvalue weighted by Gasteiger charge is -2.19. The number of carbonyl (C=O) groups excluding carboxylic acids is 10. The van der Waals surface area contributed by atoms with Gasteiger partial charge in [0.15, 0.2) is 29.1 Å². The third-order valence-electron chi connectivity index (χ3n) is 12.4. The highest BCUT2D eigenvalue weighted by Crippen LogP contribution is 2.21. The van der Waals surface area contributed by atoms with Gasteiger partial charge in [-0.3, -0.25) is 30.3 Å². The number of esters is 4. The van der Waals surface area contributed by atoms with Crippen LogP contribution < -0.4 is 36.6 Å². The molecule has 568 valence electrons. The fraction of sp³-hybridized carbons (Fsp3) is 0.413. The van der Waals surface area contributed by atoms with Crippen LogP contribution in [0.25, 0.3) is 0 Å². The quantitative estimate of drug-likeness (QED) is 0.0228. The van der Waals surface area contributed by atoms with Crippen LogP contribution >= 0.6 is 11.8 Å². The van der Waals surface area contributed by atoms with Crippen LogP contribution in [0.5, 0.6) is 5.88 Å². The summed E-state index contributed by atoms with van der Waals surface area (Å²) < 4.78 is 49.2. The van der Waals surface area contributed by atoms with E-state index in [1.807, 2.05) is 0 Å². The smallest absolute Gasteiger partial charge is 0.413 e. The Morgan fingerprint density at radius 3 is 1.12 bits per heavy atom. The second-order valence-corrected chi connectivity index (χ2v) is 24.9. The van der Waals surface area contributed by atoms with E-state index in [1.54, 1.807) is 156 Å². The van der Waals surface area contributed by atoms with Crippen LogP contribution in [0.2, 0.25) is 0 Å². The number of carboxylic acids is 1. The molecule has 0 aliphatic heterocycles. The average Bonchev–Trinajstić information content (AvgIpc) is 1.69. The summed E-state index contributed by atoms with van der Waals surface area (Å²) in [7, 11) is 12.9. The van der Waals surface area contributed by atoms with Crippen LogP contribution in [0, 0.1) is 5.53 Å². The minimum absolute atomic E-state index is 0.0273. The molecule has 0 aromatic carbocycles. The molecule has 0 bridgehead atoms. The van der Waals surface area contributed by atoms with Gasteiger partial charge in [0.1, 0.15) is 28.2 Å². The number of aromatic nitrogens is 14. The standard InChI is InChI=1S/C23H29N7O7.C17H24N6O5.C12H15N5O3.C11H16N2O4.ClHN2/c1-8-35-20(32)17-27-16(12-30(17)7)36-21(33)18-25-15(11-29(18)6)26-19(31)14-9-13(10-28(14)5)24-22(34)37-23(2,3)4;1-7-27-15(25)13-19-10(8-23(13)6)20-14(24)12-18-11(9-22(12)5)21-16(26)28-17(2,3)4;1-4-20-12(19)10-14-8(7-17(10)3)15-11(18)9-13-5-6-16(9)2;1-11(2,3)17-10(16)12-7-5-8(9(14)15)13(4)6-7;1-3-2/h9-12H,8H2,1-7H3,(H,24,34)(H,26,31);8-9H,7H2,1-6H3,(H,20,24)(H,21,26);5-7H,4H2,1-3H3,(H,15,18);5-6H,1-4H3,(H,12,16)(H,14,15);2H. The lowest BCUT2D eigenvalue weighted by Crippen LogP contribution is -2.27. The van der Waals surface area contributed by atoms with Crippen molar-refractivity contribution in [3.8, 4) is 5.88 Å². The number of carbonyl (C=O) groups is 11. The molecule has 42 heteroatoms. The van der Waals surface area contributed by atoms with E-state index in [4.69, 9.17) is 43.8 Å². The zero-order valence-corrected chi connectivity index (χ0v) is 62.1. The normalized spacial score (nSPS) is 10.8. The second-order valence-electron chi connectivity index (χ2n) is 24.8. The van der Waals surface area contributed by atoms with Gasteiger partial charge in [-0.05, 0) is 95.2 Å². The molecular weight excluding hydrogens is 1400 g/mol. The van der Waals surface area contributed by atoms with Crippen molar-refractivity contribution in [2.75, 3.05) is 51.7 Å². The first-order valence-corrected chi connectivity index (χ1v) is 31.6. The maximum absolute atomic E-state index is 12.8. The Kier molecular flexibility index (Phi) is 30.1. The van der Waals surface area contributed by atoms with E-state index in [9.17, 15) is 52.7 Å². The van der Waals surface area contributed by atoms with Crippen molar-refractivity contribution < 1.29 is 91.0 Å². The molecular formula is C63H85ClN22O19. The van der Waals surface area contributed by atoms with Crippen molar-refractivity contribution in [3.05, 3.63) is 114 Å². The van der Waals surface area contributed by atoms with Gasteiger partial charge < -0.3 is 90.8 Å². The number of nitrogens with zero attached hydrogens (tertiary/aromatic N) is 15. The first kappa shape index (κ1) is 84.7. The lowest BCUT2D eigenvalue weighted by atomic mass is 10.2. The predicted molar refractivity (Wildman–Crippen MR) is 374 cm³/mol. The van der Waals surface area contributed by atoms with E-state index in [-0.39, 0.29) is 95.3 Å². The molecule has 0 fully saturated rings. The van der Waals surface area contributed by atoms with E-state index in [0.717, 1.165) is 0 Å². The summed E-state index contributed by atoms with van der Waals surface area (Å²) in [5, 5.41) is 24.1. The molecule has 41 nitrogen and oxygen atoms in total. The number of rotatable bonds is 18. The van der Waals surface area contributed by atoms with Crippen LogP contribution in [0.1, 0.15) is 168 Å². The number of ether oxygens (including phenoxy) is 7. The molecule has 8 heterocycles. The third-order valence-corrected chi connectivity index (χ3v) is 12.4. The highest BCUT2D eigenvalue weighted by Gasteiger charge is 2.27. The molecule has 105 heavy (non-hydrogen) atoms. The summed E-state index contributed by atoms with van der Waals surface area (Å²) >= 11 is 4.29. The topological polar surface area (TPSA) is 498 Å². The Balaban J connectivity index is 0.000000305. The monoisotopic (exact) mass is 1490 g/mol. The summed E-state index contributed by atoms with van der Waals surface area (Å²) in [4.78, 5) is 155. The summed E-state index contributed by atoms with van der Waals surface area (Å²) in [6.07, 6.45) is 11.6. The second kappa shape index (κ2) is 37.3. The van der Waals surface area contributed by atoms with Gasteiger partial charge in [0.2, 0.25) is 35.0 Å². The number of aromatic carboxylic acids is 1. The van der Waals surface area contributed by atoms with E-state index < -0.39 is 82.7 Å². The number of hydrogen-bond acceptors (Lipinski definition) is 26. The number of amides is 6. The van der Waals surface area contributed by atoms with E-state index in [0.29, 0.717) is 11.4 Å². The van der Waals surface area contributed by atoms with Crippen molar-refractivity contribution in [1.82, 2.24) is 66.4 Å². The number of imidazole rings is 6. The van der Waals surface area contributed by atoms with Crippen molar-refractivity contribution in [2.45, 2.75) is 99.9 Å². The fourth-order valence-electron chi connectivity index (χ4n) is 8.36. The predicted octanol–water partition coefficient (Wildman–Crippen LogP) is 8.24. The van der Waals surface area contributed by atoms with Crippen LogP contribution in [0.4, 0.5) is 49.0 Å². The van der Waals surface area contributed by atoms with Gasteiger partial charge >= 0.3 is 48.1 Å². The highest BCUT2D eigenvalue weighted by molar-refractivity contribution is 6.13. The Bertz CT molecular complexity index is 4450. The Morgan fingerprint density at radius 1 is 0.429 bits per heavy atom. The van der Waals surface area contributed by atoms with E-state index in [2.05, 4.69) is 78.2 Å². The molecule has 0 unspecified atom stereocenters. The fourth-order valence-corrected chi connectivity index (χ4v) is 8.36. The number of hydrogen-bond donors (Lipinski definition) is 8. The van der Waals surface area contributed by atoms with Gasteiger partial charge in [-0.2, -0.15) is 10.5 Å². The van der Waals surface area contributed by atoms with E-state index in [1.165, 1.54) is 87.5 Å². The maximum atomic E-state index is 12.8. The van der Waals surface area contributed by atoms with Gasteiger partial charge in [-0.15, -0.1) is 0 Å². The minimum Gasteiger partial charge on any atom is -0.477 e. The molecule has 0 aliphatic rings. The molecule has 0 atom stereocenters. The lowest BCUT2D eigenvalue weighted by molar-refractivity contribution is 0.0498. The van der Waals surface area contributed by atoms with Gasteiger partial charge in [0.05, 0.1) is 49.2 Å². The number of nitrogens with one attached hydrogen (secondary N) is 7. The minimum atomic E-state index is -1.05. The maximum Gasteiger partial charge on any atom is 0.413 e. The molecule has 0 saturated carbocycles. The number of aryl methyl sites for hydroxylation is 8. The van der Waals surface area contributed by atoms with Crippen molar-refractivity contribution in [2.24, 2.45) is 61.0 Å². The molecule has 6 amide bonds. The van der Waals surface area contributed by atoms with E-state index >= 15 is 0 Å². The highest BCUT2D eigenvalue weighted by atomic mass is 35.5. The largest absolute Gasteiger partial charge is 0.477 e. The Labute approximate surface area is 605 Å². The summed E-state index contributed by atoms with van der Waals surface area (Å²) in [6, 6.07) is 2.84. The molecule has 8 aromatic rings. The molecule has 8 aromatic heterocycles. The number of halogens is 1. The zero-order chi connectivity index (χ0) is 79.2. The van der Waals surface area contributed by atoms with Crippen LogP contribution in [-0.4, -0.2) is 174 Å². The molecule has 8 N–H and O–H groups in total. The van der Waals surface area contributed by atoms with Gasteiger partial charge in [-0.25, -0.2) is 63.3 Å². The third kappa shape index (κ3) is 26.6. The van der Waals surface area contributed by atoms with Crippen LogP contribution in [0.3, 0.4) is 0 Å². The molecule has 0 aliphatic carbocycles. The molecule has 0 radical (unpaired) electrons. The molecule has 0 spiro atoms. The average molecular weight is 1490 g/mol. The van der Waals surface area contributed by atoms with Crippen molar-refractivity contribution >= 4 is 112 Å². The first-order chi connectivity index (χ1) is 48.9. The molecule has 8 rings (SSSR count).